The Hall–Kier alpha value is -2.02. The maximum Gasteiger partial charge on any atom is 0.416 e. The zero-order valence-corrected chi connectivity index (χ0v) is 10.7. The van der Waals surface area contributed by atoms with E-state index in [1.54, 1.807) is 13.0 Å². The summed E-state index contributed by atoms with van der Waals surface area (Å²) in [5, 5.41) is 2.96. The third-order valence-electron chi connectivity index (χ3n) is 2.72. The number of nitrogens with one attached hydrogen (secondary N) is 1. The Morgan fingerprint density at radius 1 is 1.20 bits per heavy atom. The van der Waals surface area contributed by atoms with Crippen molar-refractivity contribution < 1.29 is 13.2 Å². The summed E-state index contributed by atoms with van der Waals surface area (Å²) in [4.78, 5) is 11.8. The zero-order chi connectivity index (χ0) is 14.6. The Morgan fingerprint density at radius 3 is 2.50 bits per heavy atom. The SMILES string of the molecule is CCNC(c1ncccn1)c1cnccc1C(F)(F)F. The minimum absolute atomic E-state index is 0.0213. The van der Waals surface area contributed by atoms with E-state index in [-0.39, 0.29) is 11.4 Å². The molecule has 1 N–H and O–H groups in total. The summed E-state index contributed by atoms with van der Waals surface area (Å²) in [6, 6.07) is 1.83. The maximum atomic E-state index is 13.1. The lowest BCUT2D eigenvalue weighted by atomic mass is 10.0. The van der Waals surface area contributed by atoms with E-state index in [1.165, 1.54) is 18.6 Å². The summed E-state index contributed by atoms with van der Waals surface area (Å²) in [7, 11) is 0. The predicted molar refractivity (Wildman–Crippen MR) is 66.8 cm³/mol. The number of hydrogen-bond acceptors (Lipinski definition) is 4. The summed E-state index contributed by atoms with van der Waals surface area (Å²) in [6.45, 7) is 2.29. The number of pyridine rings is 1. The summed E-state index contributed by atoms with van der Waals surface area (Å²) in [6.07, 6.45) is 0.876. The molecule has 0 aliphatic rings. The maximum absolute atomic E-state index is 13.1. The largest absolute Gasteiger partial charge is 0.416 e. The van der Waals surface area contributed by atoms with Crippen molar-refractivity contribution in [3.05, 3.63) is 53.9 Å². The van der Waals surface area contributed by atoms with E-state index in [9.17, 15) is 13.2 Å². The molecule has 0 bridgehead atoms. The fraction of sp³-hybridized carbons (Fsp3) is 0.308. The fourth-order valence-electron chi connectivity index (χ4n) is 1.90. The average molecular weight is 282 g/mol. The molecule has 7 heteroatoms. The van der Waals surface area contributed by atoms with Gasteiger partial charge in [0.05, 0.1) is 11.6 Å². The van der Waals surface area contributed by atoms with Gasteiger partial charge in [-0.1, -0.05) is 6.92 Å². The van der Waals surface area contributed by atoms with E-state index in [0.29, 0.717) is 6.54 Å². The van der Waals surface area contributed by atoms with Crippen LogP contribution in [0.25, 0.3) is 0 Å². The lowest BCUT2D eigenvalue weighted by molar-refractivity contribution is -0.138. The molecule has 0 aliphatic heterocycles. The van der Waals surface area contributed by atoms with Gasteiger partial charge in [0.2, 0.25) is 0 Å². The lowest BCUT2D eigenvalue weighted by Gasteiger charge is -2.20. The average Bonchev–Trinajstić information content (AvgIpc) is 2.45. The van der Waals surface area contributed by atoms with Crippen LogP contribution in [0.2, 0.25) is 0 Å². The van der Waals surface area contributed by atoms with Gasteiger partial charge < -0.3 is 5.32 Å². The highest BCUT2D eigenvalue weighted by Crippen LogP contribution is 2.35. The molecule has 1 unspecified atom stereocenters. The minimum atomic E-state index is -4.44. The van der Waals surface area contributed by atoms with Gasteiger partial charge in [-0.2, -0.15) is 13.2 Å². The molecule has 2 heterocycles. The van der Waals surface area contributed by atoms with Crippen LogP contribution in [0, 0.1) is 0 Å². The van der Waals surface area contributed by atoms with Gasteiger partial charge in [0.25, 0.3) is 0 Å². The van der Waals surface area contributed by atoms with E-state index in [4.69, 9.17) is 0 Å². The molecule has 4 nitrogen and oxygen atoms in total. The summed E-state index contributed by atoms with van der Waals surface area (Å²) < 4.78 is 39.2. The van der Waals surface area contributed by atoms with E-state index < -0.39 is 17.8 Å². The Morgan fingerprint density at radius 2 is 1.90 bits per heavy atom. The first-order chi connectivity index (χ1) is 9.54. The second kappa shape index (κ2) is 5.96. The Kier molecular flexibility index (Phi) is 4.29. The van der Waals surface area contributed by atoms with E-state index >= 15 is 0 Å². The van der Waals surface area contributed by atoms with Crippen molar-refractivity contribution in [2.24, 2.45) is 0 Å². The van der Waals surface area contributed by atoms with Crippen molar-refractivity contribution >= 4 is 0 Å². The number of nitrogens with zero attached hydrogens (tertiary/aromatic N) is 3. The first kappa shape index (κ1) is 14.4. The molecule has 0 spiro atoms. The molecule has 0 fully saturated rings. The van der Waals surface area contributed by atoms with Gasteiger partial charge in [0.1, 0.15) is 5.82 Å². The minimum Gasteiger partial charge on any atom is -0.304 e. The third kappa shape index (κ3) is 3.11. The van der Waals surface area contributed by atoms with Crippen LogP contribution in [-0.2, 0) is 6.18 Å². The Bertz CT molecular complexity index is 557. The van der Waals surface area contributed by atoms with Crippen molar-refractivity contribution in [3.63, 3.8) is 0 Å². The second-order valence-electron chi connectivity index (χ2n) is 4.06. The normalized spacial score (nSPS) is 13.2. The van der Waals surface area contributed by atoms with Gasteiger partial charge in [0, 0.05) is 30.4 Å². The summed E-state index contributed by atoms with van der Waals surface area (Å²) in [5.41, 5.74) is -0.709. The molecule has 2 rings (SSSR count). The van der Waals surface area contributed by atoms with Crippen LogP contribution in [-0.4, -0.2) is 21.5 Å². The molecule has 0 saturated heterocycles. The van der Waals surface area contributed by atoms with Crippen molar-refractivity contribution in [2.45, 2.75) is 19.1 Å². The second-order valence-corrected chi connectivity index (χ2v) is 4.06. The quantitative estimate of drug-likeness (QED) is 0.936. The molecule has 0 amide bonds. The van der Waals surface area contributed by atoms with E-state index in [0.717, 1.165) is 12.3 Å². The van der Waals surface area contributed by atoms with E-state index in [2.05, 4.69) is 20.3 Å². The van der Waals surface area contributed by atoms with E-state index in [1.807, 2.05) is 0 Å². The number of alkyl halides is 3. The smallest absolute Gasteiger partial charge is 0.304 e. The topological polar surface area (TPSA) is 50.7 Å². The predicted octanol–water partition coefficient (Wildman–Crippen LogP) is 2.59. The molecule has 2 aromatic heterocycles. The van der Waals surface area contributed by atoms with Gasteiger partial charge in [-0.15, -0.1) is 0 Å². The number of halogens is 3. The first-order valence-electron chi connectivity index (χ1n) is 6.05. The monoisotopic (exact) mass is 282 g/mol. The number of hydrogen-bond donors (Lipinski definition) is 1. The van der Waals surface area contributed by atoms with Crippen LogP contribution >= 0.6 is 0 Å². The van der Waals surface area contributed by atoms with Crippen LogP contribution in [0.3, 0.4) is 0 Å². The van der Waals surface area contributed by atoms with Gasteiger partial charge in [0.15, 0.2) is 0 Å². The standard InChI is InChI=1S/C13H13F3N4/c1-2-18-11(12-19-5-3-6-20-12)9-8-17-7-4-10(9)13(14,15)16/h3-8,11,18H,2H2,1H3. The lowest BCUT2D eigenvalue weighted by Crippen LogP contribution is -2.26. The van der Waals surface area contributed by atoms with Crippen LogP contribution in [0.1, 0.15) is 29.9 Å². The van der Waals surface area contributed by atoms with Gasteiger partial charge >= 0.3 is 6.18 Å². The Balaban J connectivity index is 2.51. The van der Waals surface area contributed by atoms with Crippen molar-refractivity contribution in [3.8, 4) is 0 Å². The fourth-order valence-corrected chi connectivity index (χ4v) is 1.90. The molecule has 20 heavy (non-hydrogen) atoms. The number of aromatic nitrogens is 3. The van der Waals surface area contributed by atoms with Crippen LogP contribution < -0.4 is 5.32 Å². The molecular formula is C13H13F3N4. The van der Waals surface area contributed by atoms with Gasteiger partial charge in [-0.25, -0.2) is 9.97 Å². The third-order valence-corrected chi connectivity index (χ3v) is 2.72. The van der Waals surface area contributed by atoms with Crippen LogP contribution in [0.5, 0.6) is 0 Å². The molecule has 1 atom stereocenters. The molecule has 0 saturated carbocycles. The molecule has 0 radical (unpaired) electrons. The van der Waals surface area contributed by atoms with Crippen LogP contribution in [0.15, 0.2) is 36.9 Å². The molecule has 106 valence electrons. The highest BCUT2D eigenvalue weighted by atomic mass is 19.4. The first-order valence-corrected chi connectivity index (χ1v) is 6.05. The molecule has 2 aromatic rings. The van der Waals surface area contributed by atoms with Crippen molar-refractivity contribution in [1.29, 1.82) is 0 Å². The number of rotatable bonds is 4. The van der Waals surface area contributed by atoms with Crippen LogP contribution in [0.4, 0.5) is 13.2 Å². The molecule has 0 aliphatic carbocycles. The van der Waals surface area contributed by atoms with Crippen molar-refractivity contribution in [1.82, 2.24) is 20.3 Å². The summed E-state index contributed by atoms with van der Waals surface area (Å²) >= 11 is 0. The summed E-state index contributed by atoms with van der Waals surface area (Å²) in [5.74, 6) is 0.285. The van der Waals surface area contributed by atoms with Gasteiger partial charge in [-0.05, 0) is 18.7 Å². The van der Waals surface area contributed by atoms with Crippen molar-refractivity contribution in [2.75, 3.05) is 6.54 Å². The molecular weight excluding hydrogens is 269 g/mol. The van der Waals surface area contributed by atoms with Gasteiger partial charge in [-0.3, -0.25) is 4.98 Å². The highest BCUT2D eigenvalue weighted by Gasteiger charge is 2.36. The zero-order valence-electron chi connectivity index (χ0n) is 10.7. The highest BCUT2D eigenvalue weighted by molar-refractivity contribution is 5.32. The Labute approximate surface area is 114 Å². The molecule has 0 aromatic carbocycles.